The number of anilines is 1. The molecule has 0 atom stereocenters. The van der Waals surface area contributed by atoms with Gasteiger partial charge in [-0.15, -0.1) is 0 Å². The Bertz CT molecular complexity index is 722. The molecule has 6 heteroatoms. The first kappa shape index (κ1) is 16.0. The molecule has 0 fully saturated rings. The Morgan fingerprint density at radius 3 is 2.33 bits per heavy atom. The van der Waals surface area contributed by atoms with Gasteiger partial charge in [0.2, 0.25) is 0 Å². The van der Waals surface area contributed by atoms with E-state index in [4.69, 9.17) is 18.9 Å². The van der Waals surface area contributed by atoms with E-state index in [0.717, 1.165) is 6.42 Å². The first-order valence-corrected chi connectivity index (χ1v) is 7.65. The van der Waals surface area contributed by atoms with E-state index < -0.39 is 0 Å². The Labute approximate surface area is 140 Å². The van der Waals surface area contributed by atoms with E-state index in [1.54, 1.807) is 36.4 Å². The molecule has 3 rings (SSSR count). The van der Waals surface area contributed by atoms with Crippen LogP contribution in [-0.2, 0) is 0 Å². The Balaban J connectivity index is 1.87. The highest BCUT2D eigenvalue weighted by Gasteiger charge is 2.19. The van der Waals surface area contributed by atoms with Crippen LogP contribution in [0.25, 0.3) is 0 Å². The maximum absolute atomic E-state index is 12.7. The van der Waals surface area contributed by atoms with E-state index in [0.29, 0.717) is 47.5 Å². The van der Waals surface area contributed by atoms with Gasteiger partial charge in [-0.2, -0.15) is 0 Å². The summed E-state index contributed by atoms with van der Waals surface area (Å²) in [5.74, 6) is 1.87. The Kier molecular flexibility index (Phi) is 4.74. The highest BCUT2D eigenvalue weighted by molar-refractivity contribution is 6.08. The number of carbonyl (C=O) groups is 1. The predicted molar refractivity (Wildman–Crippen MR) is 89.5 cm³/mol. The van der Waals surface area contributed by atoms with Crippen LogP contribution in [0.4, 0.5) is 5.69 Å². The van der Waals surface area contributed by atoms with Crippen molar-refractivity contribution in [1.82, 2.24) is 0 Å². The summed E-state index contributed by atoms with van der Waals surface area (Å²) < 4.78 is 21.8. The largest absolute Gasteiger partial charge is 0.496 e. The number of hydrogen-bond donors (Lipinski definition) is 1. The molecule has 2 aromatic carbocycles. The summed E-state index contributed by atoms with van der Waals surface area (Å²) in [5.41, 5.74) is 0.951. The molecule has 1 N–H and O–H groups in total. The van der Waals surface area contributed by atoms with Crippen LogP contribution >= 0.6 is 0 Å². The predicted octanol–water partition coefficient (Wildman–Crippen LogP) is 3.12. The second-order valence-electron chi connectivity index (χ2n) is 5.20. The molecule has 0 aromatic heterocycles. The van der Waals surface area contributed by atoms with Crippen molar-refractivity contribution in [2.75, 3.05) is 32.8 Å². The summed E-state index contributed by atoms with van der Waals surface area (Å²) in [4.78, 5) is 12.7. The number of hydrogen-bond acceptors (Lipinski definition) is 5. The molecule has 0 spiro atoms. The molecule has 0 radical (unpaired) electrons. The van der Waals surface area contributed by atoms with E-state index in [-0.39, 0.29) is 5.91 Å². The fourth-order valence-electron chi connectivity index (χ4n) is 2.51. The van der Waals surface area contributed by atoms with Crippen molar-refractivity contribution in [2.24, 2.45) is 0 Å². The molecule has 0 saturated heterocycles. The highest BCUT2D eigenvalue weighted by Crippen LogP contribution is 2.33. The summed E-state index contributed by atoms with van der Waals surface area (Å²) in [5, 5.41) is 2.84. The van der Waals surface area contributed by atoms with Gasteiger partial charge in [-0.05, 0) is 24.3 Å². The lowest BCUT2D eigenvalue weighted by Crippen LogP contribution is -2.14. The monoisotopic (exact) mass is 329 g/mol. The number of rotatable bonds is 4. The zero-order valence-corrected chi connectivity index (χ0v) is 13.6. The molecule has 1 aliphatic rings. The van der Waals surface area contributed by atoms with Gasteiger partial charge in [0.05, 0.1) is 27.4 Å². The van der Waals surface area contributed by atoms with Gasteiger partial charge >= 0.3 is 0 Å². The van der Waals surface area contributed by atoms with Crippen molar-refractivity contribution in [1.29, 1.82) is 0 Å². The summed E-state index contributed by atoms with van der Waals surface area (Å²) in [7, 11) is 3.03. The van der Waals surface area contributed by atoms with Crippen LogP contribution in [0.5, 0.6) is 23.0 Å². The van der Waals surface area contributed by atoms with E-state index in [9.17, 15) is 4.79 Å². The van der Waals surface area contributed by atoms with E-state index >= 15 is 0 Å². The van der Waals surface area contributed by atoms with E-state index in [1.807, 2.05) is 0 Å². The van der Waals surface area contributed by atoms with E-state index in [1.165, 1.54) is 14.2 Å². The molecule has 2 aromatic rings. The summed E-state index contributed by atoms with van der Waals surface area (Å²) in [6.07, 6.45) is 0.828. The highest BCUT2D eigenvalue weighted by atomic mass is 16.5. The lowest BCUT2D eigenvalue weighted by atomic mass is 10.1. The number of benzene rings is 2. The molecule has 1 amide bonds. The minimum atomic E-state index is -0.321. The van der Waals surface area contributed by atoms with Gasteiger partial charge in [0.15, 0.2) is 11.5 Å². The number of amides is 1. The summed E-state index contributed by atoms with van der Waals surface area (Å²) in [6.45, 7) is 1.21. The van der Waals surface area contributed by atoms with Crippen molar-refractivity contribution < 1.29 is 23.7 Å². The van der Waals surface area contributed by atoms with Crippen molar-refractivity contribution in [3.63, 3.8) is 0 Å². The molecule has 0 bridgehead atoms. The van der Waals surface area contributed by atoms with Crippen molar-refractivity contribution in [3.8, 4) is 23.0 Å². The minimum Gasteiger partial charge on any atom is -0.496 e. The third-order valence-corrected chi connectivity index (χ3v) is 3.66. The molecule has 1 heterocycles. The average Bonchev–Trinajstić information content (AvgIpc) is 2.85. The number of ether oxygens (including phenoxy) is 4. The topological polar surface area (TPSA) is 66.0 Å². The third kappa shape index (κ3) is 3.22. The Morgan fingerprint density at radius 2 is 1.67 bits per heavy atom. The normalized spacial score (nSPS) is 12.9. The first-order valence-electron chi connectivity index (χ1n) is 7.65. The second kappa shape index (κ2) is 7.12. The zero-order chi connectivity index (χ0) is 16.9. The molecule has 0 unspecified atom stereocenters. The van der Waals surface area contributed by atoms with Crippen molar-refractivity contribution >= 4 is 11.6 Å². The lowest BCUT2D eigenvalue weighted by Gasteiger charge is -2.14. The molecular formula is C18H19NO5. The molecule has 1 aliphatic heterocycles. The van der Waals surface area contributed by atoms with Crippen LogP contribution in [0, 0.1) is 0 Å². The molecule has 6 nitrogen and oxygen atoms in total. The number of fused-ring (bicyclic) bond motifs is 1. The fraction of sp³-hybridized carbons (Fsp3) is 0.278. The minimum absolute atomic E-state index is 0.321. The van der Waals surface area contributed by atoms with Gasteiger partial charge in [-0.25, -0.2) is 0 Å². The average molecular weight is 329 g/mol. The maximum Gasteiger partial charge on any atom is 0.263 e. The third-order valence-electron chi connectivity index (χ3n) is 3.66. The second-order valence-corrected chi connectivity index (χ2v) is 5.20. The SMILES string of the molecule is COc1cccc(OC)c1C(=O)Nc1ccc2c(c1)OCCCO2. The lowest BCUT2D eigenvalue weighted by molar-refractivity contribution is 0.102. The van der Waals surface area contributed by atoms with Crippen LogP contribution in [-0.4, -0.2) is 33.3 Å². The standard InChI is InChI=1S/C18H19NO5/c1-21-14-5-3-6-15(22-2)17(14)18(20)19-12-7-8-13-16(11-12)24-10-4-9-23-13/h3,5-8,11H,4,9-10H2,1-2H3,(H,19,20). The first-order chi connectivity index (χ1) is 11.7. The van der Waals surface area contributed by atoms with Gasteiger partial charge in [0, 0.05) is 18.2 Å². The van der Waals surface area contributed by atoms with Crippen LogP contribution in [0.2, 0.25) is 0 Å². The van der Waals surface area contributed by atoms with Gasteiger partial charge in [0.1, 0.15) is 17.1 Å². The van der Waals surface area contributed by atoms with Crippen molar-refractivity contribution in [2.45, 2.75) is 6.42 Å². The Morgan fingerprint density at radius 1 is 1.00 bits per heavy atom. The fourth-order valence-corrected chi connectivity index (χ4v) is 2.51. The number of nitrogens with one attached hydrogen (secondary N) is 1. The van der Waals surface area contributed by atoms with Gasteiger partial charge in [-0.1, -0.05) is 6.07 Å². The van der Waals surface area contributed by atoms with Crippen LogP contribution in [0.3, 0.4) is 0 Å². The summed E-state index contributed by atoms with van der Waals surface area (Å²) in [6, 6.07) is 10.5. The smallest absolute Gasteiger partial charge is 0.263 e. The van der Waals surface area contributed by atoms with Gasteiger partial charge < -0.3 is 24.3 Å². The van der Waals surface area contributed by atoms with Gasteiger partial charge in [-0.3, -0.25) is 4.79 Å². The maximum atomic E-state index is 12.7. The van der Waals surface area contributed by atoms with Crippen LogP contribution in [0.1, 0.15) is 16.8 Å². The van der Waals surface area contributed by atoms with Crippen LogP contribution < -0.4 is 24.3 Å². The van der Waals surface area contributed by atoms with Gasteiger partial charge in [0.25, 0.3) is 5.91 Å². The number of methoxy groups -OCH3 is 2. The van der Waals surface area contributed by atoms with Crippen molar-refractivity contribution in [3.05, 3.63) is 42.0 Å². The molecule has 24 heavy (non-hydrogen) atoms. The molecule has 0 aliphatic carbocycles. The number of carbonyl (C=O) groups excluding carboxylic acids is 1. The Hall–Kier alpha value is -2.89. The molecule has 126 valence electrons. The van der Waals surface area contributed by atoms with E-state index in [2.05, 4.69) is 5.32 Å². The zero-order valence-electron chi connectivity index (χ0n) is 13.6. The summed E-state index contributed by atoms with van der Waals surface area (Å²) >= 11 is 0. The van der Waals surface area contributed by atoms with Crippen LogP contribution in [0.15, 0.2) is 36.4 Å². The molecular weight excluding hydrogens is 310 g/mol. The quantitative estimate of drug-likeness (QED) is 0.933. The molecule has 0 saturated carbocycles.